The van der Waals surface area contributed by atoms with Crippen molar-refractivity contribution in [2.24, 2.45) is 0 Å². The zero-order valence-corrected chi connectivity index (χ0v) is 11.6. The highest BCUT2D eigenvalue weighted by Crippen LogP contribution is 2.28. The molecular formula is C16H13ClO3. The van der Waals surface area contributed by atoms with Gasteiger partial charge in [-0.2, -0.15) is 0 Å². The van der Waals surface area contributed by atoms with Gasteiger partial charge in [-0.1, -0.05) is 54.1 Å². The molecule has 0 aliphatic carbocycles. The molecule has 1 N–H and O–H groups in total. The van der Waals surface area contributed by atoms with Crippen molar-refractivity contribution in [1.29, 1.82) is 0 Å². The largest absolute Gasteiger partial charge is 0.371 e. The normalized spacial score (nSPS) is 13.6. The van der Waals surface area contributed by atoms with Crippen molar-refractivity contribution in [3.8, 4) is 0 Å². The zero-order chi connectivity index (χ0) is 14.8. The van der Waals surface area contributed by atoms with Gasteiger partial charge in [-0.15, -0.1) is 0 Å². The molecule has 0 aromatic heterocycles. The third-order valence-corrected chi connectivity index (χ3v) is 3.39. The van der Waals surface area contributed by atoms with Crippen LogP contribution in [0.15, 0.2) is 54.6 Å². The molecule has 102 valence electrons. The molecule has 0 aliphatic heterocycles. The Morgan fingerprint density at radius 1 is 1.00 bits per heavy atom. The van der Waals surface area contributed by atoms with Crippen LogP contribution in [-0.4, -0.2) is 16.7 Å². The topological polar surface area (TPSA) is 54.4 Å². The van der Waals surface area contributed by atoms with Crippen LogP contribution in [0.4, 0.5) is 0 Å². The number of hydrogen-bond acceptors (Lipinski definition) is 3. The number of hydrogen-bond donors (Lipinski definition) is 1. The van der Waals surface area contributed by atoms with Crippen LogP contribution in [-0.2, 0) is 10.4 Å². The van der Waals surface area contributed by atoms with E-state index < -0.39 is 17.2 Å². The van der Waals surface area contributed by atoms with Crippen molar-refractivity contribution >= 4 is 23.2 Å². The lowest BCUT2D eigenvalue weighted by Gasteiger charge is -2.24. The summed E-state index contributed by atoms with van der Waals surface area (Å²) in [6, 6.07) is 14.2. The highest BCUT2D eigenvalue weighted by Gasteiger charge is 2.43. The van der Waals surface area contributed by atoms with E-state index in [1.165, 1.54) is 31.2 Å². The van der Waals surface area contributed by atoms with Crippen LogP contribution in [0.25, 0.3) is 0 Å². The molecular weight excluding hydrogens is 276 g/mol. The summed E-state index contributed by atoms with van der Waals surface area (Å²) in [5, 5.41) is 11.1. The standard InChI is InChI=1S/C16H13ClO3/c1-11(18)16(20,13-7-9-14(17)10-8-13)15(19)12-5-3-2-4-6-12/h2-10,20H,1H3. The molecule has 2 rings (SSSR count). The van der Waals surface area contributed by atoms with Crippen LogP contribution in [0.1, 0.15) is 22.8 Å². The van der Waals surface area contributed by atoms with Crippen LogP contribution in [0.2, 0.25) is 5.02 Å². The molecule has 20 heavy (non-hydrogen) atoms. The summed E-state index contributed by atoms with van der Waals surface area (Å²) in [6.45, 7) is 1.19. The van der Waals surface area contributed by atoms with E-state index in [9.17, 15) is 14.7 Å². The predicted molar refractivity (Wildman–Crippen MR) is 76.8 cm³/mol. The van der Waals surface area contributed by atoms with E-state index in [0.29, 0.717) is 5.02 Å². The highest BCUT2D eigenvalue weighted by molar-refractivity contribution is 6.30. The van der Waals surface area contributed by atoms with E-state index in [4.69, 9.17) is 11.6 Å². The Labute approximate surface area is 121 Å². The molecule has 1 unspecified atom stereocenters. The summed E-state index contributed by atoms with van der Waals surface area (Å²) in [4.78, 5) is 24.4. The Morgan fingerprint density at radius 3 is 2.05 bits per heavy atom. The molecule has 1 atom stereocenters. The van der Waals surface area contributed by atoms with E-state index >= 15 is 0 Å². The minimum Gasteiger partial charge on any atom is -0.371 e. The summed E-state index contributed by atoms with van der Waals surface area (Å²) < 4.78 is 0. The number of benzene rings is 2. The van der Waals surface area contributed by atoms with Gasteiger partial charge in [0.15, 0.2) is 5.78 Å². The molecule has 2 aromatic rings. The van der Waals surface area contributed by atoms with E-state index in [2.05, 4.69) is 0 Å². The van der Waals surface area contributed by atoms with Crippen molar-refractivity contribution in [2.45, 2.75) is 12.5 Å². The first-order valence-electron chi connectivity index (χ1n) is 6.05. The van der Waals surface area contributed by atoms with E-state index in [-0.39, 0.29) is 11.1 Å². The maximum Gasteiger partial charge on any atom is 0.211 e. The third kappa shape index (κ3) is 2.50. The number of halogens is 1. The first-order chi connectivity index (χ1) is 9.46. The lowest BCUT2D eigenvalue weighted by Crippen LogP contribution is -2.42. The van der Waals surface area contributed by atoms with E-state index in [0.717, 1.165) is 0 Å². The third-order valence-electron chi connectivity index (χ3n) is 3.14. The van der Waals surface area contributed by atoms with Crippen molar-refractivity contribution < 1.29 is 14.7 Å². The van der Waals surface area contributed by atoms with Crippen molar-refractivity contribution in [1.82, 2.24) is 0 Å². The van der Waals surface area contributed by atoms with Gasteiger partial charge in [0.2, 0.25) is 11.4 Å². The second-order valence-electron chi connectivity index (χ2n) is 4.47. The molecule has 2 aromatic carbocycles. The van der Waals surface area contributed by atoms with Crippen molar-refractivity contribution in [2.75, 3.05) is 0 Å². The van der Waals surface area contributed by atoms with Gasteiger partial charge < -0.3 is 5.11 Å². The second-order valence-corrected chi connectivity index (χ2v) is 4.91. The second kappa shape index (κ2) is 5.57. The molecule has 4 heteroatoms. The summed E-state index contributed by atoms with van der Waals surface area (Å²) in [5.74, 6) is -1.28. The molecule has 0 bridgehead atoms. The molecule has 0 amide bonds. The van der Waals surface area contributed by atoms with Gasteiger partial charge in [0, 0.05) is 10.6 Å². The molecule has 0 fully saturated rings. The summed E-state index contributed by atoms with van der Waals surface area (Å²) in [7, 11) is 0. The van der Waals surface area contributed by atoms with Gasteiger partial charge in [-0.05, 0) is 24.6 Å². The minimum atomic E-state index is -2.19. The van der Waals surface area contributed by atoms with Gasteiger partial charge in [-0.25, -0.2) is 0 Å². The fraction of sp³-hybridized carbons (Fsp3) is 0.125. The van der Waals surface area contributed by atoms with Gasteiger partial charge in [0.25, 0.3) is 0 Å². The molecule has 3 nitrogen and oxygen atoms in total. The van der Waals surface area contributed by atoms with Crippen LogP contribution in [0.5, 0.6) is 0 Å². The predicted octanol–water partition coefficient (Wildman–Crippen LogP) is 3.00. The van der Waals surface area contributed by atoms with Crippen LogP contribution in [0, 0.1) is 0 Å². The van der Waals surface area contributed by atoms with Gasteiger partial charge in [0.05, 0.1) is 0 Å². The Morgan fingerprint density at radius 2 is 1.55 bits per heavy atom. The maximum absolute atomic E-state index is 12.5. The Hall–Kier alpha value is -1.97. The average molecular weight is 289 g/mol. The average Bonchev–Trinajstić information content (AvgIpc) is 2.47. The molecule has 0 saturated carbocycles. The van der Waals surface area contributed by atoms with Gasteiger partial charge >= 0.3 is 0 Å². The smallest absolute Gasteiger partial charge is 0.211 e. The Balaban J connectivity index is 2.53. The lowest BCUT2D eigenvalue weighted by atomic mass is 9.83. The molecule has 0 aliphatic rings. The fourth-order valence-corrected chi connectivity index (χ4v) is 2.11. The Bertz CT molecular complexity index is 635. The number of rotatable bonds is 4. The zero-order valence-electron chi connectivity index (χ0n) is 10.8. The monoisotopic (exact) mass is 288 g/mol. The number of Topliss-reactive ketones (excluding diaryl/α,β-unsaturated/α-hetero) is 2. The SMILES string of the molecule is CC(=O)C(O)(C(=O)c1ccccc1)c1ccc(Cl)cc1. The first-order valence-corrected chi connectivity index (χ1v) is 6.43. The molecule has 0 radical (unpaired) electrons. The van der Waals surface area contributed by atoms with Crippen LogP contribution < -0.4 is 0 Å². The molecule has 0 saturated heterocycles. The Kier molecular flexibility index (Phi) is 4.02. The maximum atomic E-state index is 12.5. The summed E-state index contributed by atoms with van der Waals surface area (Å²) in [5.41, 5.74) is -1.70. The number of aliphatic hydroxyl groups is 1. The summed E-state index contributed by atoms with van der Waals surface area (Å²) >= 11 is 5.79. The van der Waals surface area contributed by atoms with E-state index in [1.54, 1.807) is 30.3 Å². The molecule has 0 heterocycles. The lowest BCUT2D eigenvalue weighted by molar-refractivity contribution is -0.131. The van der Waals surface area contributed by atoms with Crippen LogP contribution >= 0.6 is 11.6 Å². The van der Waals surface area contributed by atoms with E-state index in [1.807, 2.05) is 0 Å². The molecule has 0 spiro atoms. The van der Waals surface area contributed by atoms with Crippen molar-refractivity contribution in [3.63, 3.8) is 0 Å². The van der Waals surface area contributed by atoms with Gasteiger partial charge in [0.1, 0.15) is 0 Å². The quantitative estimate of drug-likeness (QED) is 0.695. The number of ketones is 2. The van der Waals surface area contributed by atoms with Crippen molar-refractivity contribution in [3.05, 3.63) is 70.7 Å². The number of carbonyl (C=O) groups excluding carboxylic acids is 2. The highest BCUT2D eigenvalue weighted by atomic mass is 35.5. The fourth-order valence-electron chi connectivity index (χ4n) is 1.98. The minimum absolute atomic E-state index is 0.211. The first kappa shape index (κ1) is 14.4. The summed E-state index contributed by atoms with van der Waals surface area (Å²) in [6.07, 6.45) is 0. The van der Waals surface area contributed by atoms with Crippen LogP contribution in [0.3, 0.4) is 0 Å². The van der Waals surface area contributed by atoms with Gasteiger partial charge in [-0.3, -0.25) is 9.59 Å². The number of carbonyl (C=O) groups is 2.